The average molecular weight is 213 g/mol. The topological polar surface area (TPSA) is 26.0 Å². The van der Waals surface area contributed by atoms with Gasteiger partial charge >= 0.3 is 0 Å². The highest BCUT2D eigenvalue weighted by Crippen LogP contribution is 2.04. The molecule has 1 atom stereocenters. The third-order valence-corrected chi connectivity index (χ3v) is 1.43. The van der Waals surface area contributed by atoms with Crippen LogP contribution < -0.4 is 5.73 Å². The minimum absolute atomic E-state index is 0.793. The highest BCUT2D eigenvalue weighted by molar-refractivity contribution is 14.1. The van der Waals surface area contributed by atoms with Crippen LogP contribution in [0, 0.1) is 0 Å². The molecular weight excluding hydrogens is 201 g/mol. The first-order chi connectivity index (χ1) is 3.27. The molecule has 0 saturated carbocycles. The SMILES string of the molecule is CC(I)CCCN. The van der Waals surface area contributed by atoms with Crippen molar-refractivity contribution in [3.8, 4) is 0 Å². The van der Waals surface area contributed by atoms with Gasteiger partial charge in [0.2, 0.25) is 0 Å². The van der Waals surface area contributed by atoms with Crippen LogP contribution in [0.2, 0.25) is 0 Å². The molecule has 0 aliphatic heterocycles. The molecule has 2 N–H and O–H groups in total. The average Bonchev–Trinajstić information content (AvgIpc) is 1.61. The van der Waals surface area contributed by atoms with Crippen LogP contribution in [-0.2, 0) is 0 Å². The second-order valence-electron chi connectivity index (χ2n) is 1.71. The fourth-order valence-corrected chi connectivity index (χ4v) is 0.840. The number of nitrogens with two attached hydrogens (primary N) is 1. The van der Waals surface area contributed by atoms with Gasteiger partial charge < -0.3 is 5.73 Å². The molecule has 0 aromatic rings. The Labute approximate surface area is 58.8 Å². The van der Waals surface area contributed by atoms with Crippen LogP contribution in [0.3, 0.4) is 0 Å². The molecule has 0 aliphatic rings. The summed E-state index contributed by atoms with van der Waals surface area (Å²) in [6, 6.07) is 0. The van der Waals surface area contributed by atoms with Crippen molar-refractivity contribution in [3.63, 3.8) is 0 Å². The van der Waals surface area contributed by atoms with E-state index in [9.17, 15) is 0 Å². The van der Waals surface area contributed by atoms with Crippen molar-refractivity contribution in [2.24, 2.45) is 5.73 Å². The van der Waals surface area contributed by atoms with Crippen molar-refractivity contribution in [2.45, 2.75) is 23.7 Å². The van der Waals surface area contributed by atoms with Crippen molar-refractivity contribution in [2.75, 3.05) is 6.54 Å². The summed E-state index contributed by atoms with van der Waals surface area (Å²) in [5, 5.41) is 0. The molecule has 0 rings (SSSR count). The van der Waals surface area contributed by atoms with E-state index in [-0.39, 0.29) is 0 Å². The summed E-state index contributed by atoms with van der Waals surface area (Å²) in [5.41, 5.74) is 5.27. The van der Waals surface area contributed by atoms with Crippen LogP contribution in [0.1, 0.15) is 19.8 Å². The van der Waals surface area contributed by atoms with Gasteiger partial charge in [0, 0.05) is 3.92 Å². The molecule has 1 unspecified atom stereocenters. The van der Waals surface area contributed by atoms with Crippen LogP contribution in [0.5, 0.6) is 0 Å². The molecule has 0 heterocycles. The molecular formula is C5H12IN. The van der Waals surface area contributed by atoms with Crippen LogP contribution in [0.4, 0.5) is 0 Å². The first kappa shape index (κ1) is 7.69. The van der Waals surface area contributed by atoms with Crippen molar-refractivity contribution in [3.05, 3.63) is 0 Å². The molecule has 0 saturated heterocycles. The van der Waals surface area contributed by atoms with Crippen LogP contribution in [0.15, 0.2) is 0 Å². The molecule has 0 bridgehead atoms. The second-order valence-corrected chi connectivity index (χ2v) is 3.84. The van der Waals surface area contributed by atoms with Gasteiger partial charge in [-0.1, -0.05) is 29.5 Å². The maximum Gasteiger partial charge on any atom is 0.00818 e. The van der Waals surface area contributed by atoms with E-state index in [4.69, 9.17) is 5.73 Å². The molecule has 0 spiro atoms. The third kappa shape index (κ3) is 6.69. The summed E-state index contributed by atoms with van der Waals surface area (Å²) in [6.45, 7) is 3.05. The molecule has 1 nitrogen and oxygen atoms in total. The van der Waals surface area contributed by atoms with E-state index < -0.39 is 0 Å². The number of alkyl halides is 1. The van der Waals surface area contributed by atoms with E-state index >= 15 is 0 Å². The largest absolute Gasteiger partial charge is 0.330 e. The van der Waals surface area contributed by atoms with Gasteiger partial charge in [-0.2, -0.15) is 0 Å². The van der Waals surface area contributed by atoms with Crippen LogP contribution in [0.25, 0.3) is 0 Å². The van der Waals surface area contributed by atoms with Crippen LogP contribution >= 0.6 is 22.6 Å². The monoisotopic (exact) mass is 213 g/mol. The molecule has 0 amide bonds. The lowest BCUT2D eigenvalue weighted by atomic mass is 10.3. The maximum absolute atomic E-state index is 5.27. The minimum Gasteiger partial charge on any atom is -0.330 e. The van der Waals surface area contributed by atoms with E-state index in [0.717, 1.165) is 10.5 Å². The summed E-state index contributed by atoms with van der Waals surface area (Å²) >= 11 is 2.41. The summed E-state index contributed by atoms with van der Waals surface area (Å²) < 4.78 is 0.793. The lowest BCUT2D eigenvalue weighted by Crippen LogP contribution is -2.00. The fourth-order valence-electron chi connectivity index (χ4n) is 0.399. The van der Waals surface area contributed by atoms with E-state index in [1.165, 1.54) is 12.8 Å². The normalized spacial score (nSPS) is 14.1. The van der Waals surface area contributed by atoms with Gasteiger partial charge in [-0.25, -0.2) is 0 Å². The zero-order chi connectivity index (χ0) is 5.70. The van der Waals surface area contributed by atoms with Crippen molar-refractivity contribution in [1.29, 1.82) is 0 Å². The molecule has 2 heteroatoms. The summed E-state index contributed by atoms with van der Waals surface area (Å²) in [7, 11) is 0. The van der Waals surface area contributed by atoms with E-state index in [0.29, 0.717) is 0 Å². The molecule has 0 aliphatic carbocycles. The Morgan fingerprint density at radius 2 is 2.29 bits per heavy atom. The molecule has 7 heavy (non-hydrogen) atoms. The van der Waals surface area contributed by atoms with Crippen molar-refractivity contribution >= 4 is 22.6 Å². The minimum atomic E-state index is 0.793. The Morgan fingerprint density at radius 3 is 2.43 bits per heavy atom. The molecule has 0 aromatic heterocycles. The Bertz CT molecular complexity index is 37.1. The van der Waals surface area contributed by atoms with E-state index in [1.54, 1.807) is 0 Å². The Balaban J connectivity index is 2.68. The number of halogens is 1. The Hall–Kier alpha value is 0.690. The highest BCUT2D eigenvalue weighted by Gasteiger charge is 1.90. The quantitative estimate of drug-likeness (QED) is 0.558. The lowest BCUT2D eigenvalue weighted by molar-refractivity contribution is 0.754. The van der Waals surface area contributed by atoms with Gasteiger partial charge in [-0.3, -0.25) is 0 Å². The van der Waals surface area contributed by atoms with Gasteiger partial charge in [0.05, 0.1) is 0 Å². The third-order valence-electron chi connectivity index (χ3n) is 0.806. The van der Waals surface area contributed by atoms with Crippen LogP contribution in [-0.4, -0.2) is 10.5 Å². The molecule has 0 fully saturated rings. The number of hydrogen-bond donors (Lipinski definition) is 1. The van der Waals surface area contributed by atoms with Crippen molar-refractivity contribution in [1.82, 2.24) is 0 Å². The van der Waals surface area contributed by atoms with Gasteiger partial charge in [-0.05, 0) is 19.4 Å². The molecule has 0 aromatic carbocycles. The summed E-state index contributed by atoms with van der Waals surface area (Å²) in [4.78, 5) is 0. The predicted molar refractivity (Wildman–Crippen MR) is 41.8 cm³/mol. The smallest absolute Gasteiger partial charge is 0.00818 e. The Kier molecular flexibility index (Phi) is 5.32. The lowest BCUT2D eigenvalue weighted by Gasteiger charge is -1.97. The van der Waals surface area contributed by atoms with Gasteiger partial charge in [0.25, 0.3) is 0 Å². The van der Waals surface area contributed by atoms with Crippen molar-refractivity contribution < 1.29 is 0 Å². The maximum atomic E-state index is 5.27. The zero-order valence-electron chi connectivity index (χ0n) is 4.65. The van der Waals surface area contributed by atoms with Gasteiger partial charge in [-0.15, -0.1) is 0 Å². The number of rotatable bonds is 3. The predicted octanol–water partition coefficient (Wildman–Crippen LogP) is 1.55. The van der Waals surface area contributed by atoms with Gasteiger partial charge in [0.15, 0.2) is 0 Å². The standard InChI is InChI=1S/C5H12IN/c1-5(6)3-2-4-7/h5H,2-4,7H2,1H3. The Morgan fingerprint density at radius 1 is 1.71 bits per heavy atom. The second kappa shape index (κ2) is 4.84. The number of hydrogen-bond acceptors (Lipinski definition) is 1. The summed E-state index contributed by atoms with van der Waals surface area (Å²) in [6.07, 6.45) is 2.43. The van der Waals surface area contributed by atoms with E-state index in [2.05, 4.69) is 29.5 Å². The first-order valence-electron chi connectivity index (χ1n) is 2.61. The molecule has 44 valence electrons. The highest BCUT2D eigenvalue weighted by atomic mass is 127. The summed E-state index contributed by atoms with van der Waals surface area (Å²) in [5.74, 6) is 0. The molecule has 0 radical (unpaired) electrons. The first-order valence-corrected chi connectivity index (χ1v) is 3.86. The van der Waals surface area contributed by atoms with Gasteiger partial charge in [0.1, 0.15) is 0 Å². The van der Waals surface area contributed by atoms with E-state index in [1.807, 2.05) is 0 Å². The fraction of sp³-hybridized carbons (Fsp3) is 1.00. The zero-order valence-corrected chi connectivity index (χ0v) is 6.81.